The van der Waals surface area contributed by atoms with Crippen molar-refractivity contribution in [3.05, 3.63) is 65.4 Å². The van der Waals surface area contributed by atoms with E-state index < -0.39 is 0 Å². The lowest BCUT2D eigenvalue weighted by Gasteiger charge is -2.30. The van der Waals surface area contributed by atoms with E-state index in [0.29, 0.717) is 30.2 Å². The predicted octanol–water partition coefficient (Wildman–Crippen LogP) is 5.44. The molecule has 4 rings (SSSR count). The van der Waals surface area contributed by atoms with Gasteiger partial charge in [-0.05, 0) is 43.0 Å². The van der Waals surface area contributed by atoms with E-state index in [4.69, 9.17) is 9.72 Å². The lowest BCUT2D eigenvalue weighted by molar-refractivity contribution is 0.0911. The third-order valence-electron chi connectivity index (χ3n) is 5.19. The Labute approximate surface area is 176 Å². The van der Waals surface area contributed by atoms with Gasteiger partial charge in [0.15, 0.2) is 5.78 Å². The van der Waals surface area contributed by atoms with Gasteiger partial charge in [-0.3, -0.25) is 4.79 Å². The third-order valence-corrected chi connectivity index (χ3v) is 5.19. The van der Waals surface area contributed by atoms with Crippen LogP contribution < -0.4 is 15.4 Å². The number of methoxy groups -OCH3 is 1. The van der Waals surface area contributed by atoms with E-state index in [1.807, 2.05) is 55.5 Å². The summed E-state index contributed by atoms with van der Waals surface area (Å²) in [6.07, 6.45) is 1.19. The molecule has 2 aromatic carbocycles. The zero-order chi connectivity index (χ0) is 21.3. The van der Waals surface area contributed by atoms with Crippen molar-refractivity contribution >= 4 is 28.9 Å². The van der Waals surface area contributed by atoms with Crippen LogP contribution in [0.2, 0.25) is 0 Å². The molecule has 0 unspecified atom stereocenters. The maximum absolute atomic E-state index is 13.0. The predicted molar refractivity (Wildman–Crippen MR) is 119 cm³/mol. The monoisotopic (exact) mass is 402 g/mol. The van der Waals surface area contributed by atoms with Crippen molar-refractivity contribution in [3.63, 3.8) is 0 Å². The van der Waals surface area contributed by atoms with E-state index in [-0.39, 0.29) is 11.2 Å². The van der Waals surface area contributed by atoms with Crippen LogP contribution in [0.15, 0.2) is 48.5 Å². The molecule has 0 atom stereocenters. The maximum atomic E-state index is 13.0. The number of ketones is 1. The van der Waals surface area contributed by atoms with Crippen LogP contribution in [-0.2, 0) is 6.42 Å². The first-order valence-electron chi connectivity index (χ1n) is 10.0. The molecule has 1 aliphatic carbocycles. The molecule has 0 amide bonds. The Balaban J connectivity index is 1.75. The van der Waals surface area contributed by atoms with E-state index in [1.54, 1.807) is 7.11 Å². The van der Waals surface area contributed by atoms with Crippen molar-refractivity contribution in [2.24, 2.45) is 5.41 Å². The summed E-state index contributed by atoms with van der Waals surface area (Å²) in [5.74, 6) is 1.80. The van der Waals surface area contributed by atoms with Gasteiger partial charge in [0.2, 0.25) is 5.95 Å². The van der Waals surface area contributed by atoms with Gasteiger partial charge >= 0.3 is 0 Å². The molecule has 2 N–H and O–H groups in total. The smallest absolute Gasteiger partial charge is 0.229 e. The number of hydrogen-bond donors (Lipinski definition) is 2. The molecular formula is C24H26N4O2. The van der Waals surface area contributed by atoms with Crippen LogP contribution in [-0.4, -0.2) is 22.9 Å². The third kappa shape index (κ3) is 4.27. The fourth-order valence-corrected chi connectivity index (χ4v) is 3.72. The van der Waals surface area contributed by atoms with E-state index >= 15 is 0 Å². The molecule has 0 aliphatic heterocycles. The number of benzene rings is 2. The zero-order valence-electron chi connectivity index (χ0n) is 17.7. The summed E-state index contributed by atoms with van der Waals surface area (Å²) in [6.45, 7) is 6.23. The molecule has 6 nitrogen and oxygen atoms in total. The van der Waals surface area contributed by atoms with Crippen molar-refractivity contribution in [1.29, 1.82) is 0 Å². The Morgan fingerprint density at radius 3 is 2.47 bits per heavy atom. The molecule has 0 spiro atoms. The second-order valence-corrected chi connectivity index (χ2v) is 8.51. The van der Waals surface area contributed by atoms with Gasteiger partial charge < -0.3 is 15.4 Å². The van der Waals surface area contributed by atoms with Crippen LogP contribution >= 0.6 is 0 Å². The quantitative estimate of drug-likeness (QED) is 0.592. The zero-order valence-corrected chi connectivity index (χ0v) is 17.7. The Kier molecular flexibility index (Phi) is 5.16. The van der Waals surface area contributed by atoms with Crippen LogP contribution in [0, 0.1) is 12.3 Å². The molecule has 0 saturated heterocycles. The molecule has 0 fully saturated rings. The second-order valence-electron chi connectivity index (χ2n) is 8.51. The summed E-state index contributed by atoms with van der Waals surface area (Å²) in [5.41, 5.74) is 4.09. The SMILES string of the molecule is COc1cccc(Nc2nc3c(c(Nc4ccc(C)cc4)n2)C(=O)CC(C)(C)C3)c1. The highest BCUT2D eigenvalue weighted by Crippen LogP contribution is 2.38. The number of aromatic nitrogens is 2. The molecule has 1 aromatic heterocycles. The fourth-order valence-electron chi connectivity index (χ4n) is 3.72. The molecule has 1 aliphatic rings. The van der Waals surface area contributed by atoms with Gasteiger partial charge in [-0.1, -0.05) is 37.6 Å². The Bertz CT molecular complexity index is 1090. The van der Waals surface area contributed by atoms with Gasteiger partial charge in [-0.2, -0.15) is 4.98 Å². The molecule has 154 valence electrons. The average molecular weight is 402 g/mol. The number of rotatable bonds is 5. The Morgan fingerprint density at radius 2 is 1.73 bits per heavy atom. The van der Waals surface area contributed by atoms with Crippen molar-refractivity contribution in [2.75, 3.05) is 17.7 Å². The van der Waals surface area contributed by atoms with Gasteiger partial charge in [-0.15, -0.1) is 0 Å². The molecule has 3 aromatic rings. The van der Waals surface area contributed by atoms with E-state index in [0.717, 1.165) is 22.8 Å². The number of nitrogens with zero attached hydrogens (tertiary/aromatic N) is 2. The van der Waals surface area contributed by atoms with Gasteiger partial charge in [0.05, 0.1) is 18.4 Å². The van der Waals surface area contributed by atoms with Crippen molar-refractivity contribution < 1.29 is 9.53 Å². The first-order chi connectivity index (χ1) is 14.3. The topological polar surface area (TPSA) is 76.1 Å². The molecular weight excluding hydrogens is 376 g/mol. The first kappa shape index (κ1) is 19.9. The summed E-state index contributed by atoms with van der Waals surface area (Å²) < 4.78 is 5.30. The number of aryl methyl sites for hydroxylation is 1. The first-order valence-corrected chi connectivity index (χ1v) is 10.0. The van der Waals surface area contributed by atoms with E-state index in [2.05, 4.69) is 29.5 Å². The molecule has 0 bridgehead atoms. The van der Waals surface area contributed by atoms with Crippen molar-refractivity contribution in [1.82, 2.24) is 9.97 Å². The highest BCUT2D eigenvalue weighted by molar-refractivity contribution is 6.03. The lowest BCUT2D eigenvalue weighted by atomic mass is 9.75. The van der Waals surface area contributed by atoms with Gasteiger partial charge in [0.25, 0.3) is 0 Å². The fraction of sp³-hybridized carbons (Fsp3) is 0.292. The van der Waals surface area contributed by atoms with Gasteiger partial charge in [-0.25, -0.2) is 4.98 Å². The number of ether oxygens (including phenoxy) is 1. The van der Waals surface area contributed by atoms with Crippen LogP contribution in [0.3, 0.4) is 0 Å². The van der Waals surface area contributed by atoms with Crippen LogP contribution in [0.1, 0.15) is 41.9 Å². The molecule has 0 radical (unpaired) electrons. The summed E-state index contributed by atoms with van der Waals surface area (Å²) in [5, 5.41) is 6.58. The van der Waals surface area contributed by atoms with Gasteiger partial charge in [0, 0.05) is 23.9 Å². The van der Waals surface area contributed by atoms with E-state index in [9.17, 15) is 4.79 Å². The van der Waals surface area contributed by atoms with Crippen molar-refractivity contribution in [3.8, 4) is 5.75 Å². The number of nitrogens with one attached hydrogen (secondary N) is 2. The molecule has 0 saturated carbocycles. The summed E-state index contributed by atoms with van der Waals surface area (Å²) in [6, 6.07) is 15.6. The lowest BCUT2D eigenvalue weighted by Crippen LogP contribution is -2.29. The second kappa shape index (κ2) is 7.78. The Morgan fingerprint density at radius 1 is 0.967 bits per heavy atom. The normalized spacial score (nSPS) is 14.7. The van der Waals surface area contributed by atoms with E-state index in [1.165, 1.54) is 5.56 Å². The number of carbonyl (C=O) groups is 1. The average Bonchev–Trinajstić information content (AvgIpc) is 2.68. The minimum atomic E-state index is -0.132. The number of fused-ring (bicyclic) bond motifs is 1. The minimum absolute atomic E-state index is 0.0730. The standard InChI is InChI=1S/C24H26N4O2/c1-15-8-10-16(11-9-15)25-22-21-19(13-24(2,3)14-20(21)29)27-23(28-22)26-17-6-5-7-18(12-17)30-4/h5-12H,13-14H2,1-4H3,(H2,25,26,27,28). The van der Waals surface area contributed by atoms with Crippen LogP contribution in [0.5, 0.6) is 5.75 Å². The van der Waals surface area contributed by atoms with Crippen LogP contribution in [0.4, 0.5) is 23.1 Å². The van der Waals surface area contributed by atoms with Gasteiger partial charge in [0.1, 0.15) is 11.6 Å². The largest absolute Gasteiger partial charge is 0.497 e. The minimum Gasteiger partial charge on any atom is -0.497 e. The number of anilines is 4. The Hall–Kier alpha value is -3.41. The van der Waals surface area contributed by atoms with Crippen LogP contribution in [0.25, 0.3) is 0 Å². The summed E-state index contributed by atoms with van der Waals surface area (Å²) in [7, 11) is 1.63. The number of Topliss-reactive ketones (excluding diaryl/α,β-unsaturated/α-hetero) is 1. The molecule has 6 heteroatoms. The molecule has 1 heterocycles. The number of hydrogen-bond acceptors (Lipinski definition) is 6. The highest BCUT2D eigenvalue weighted by atomic mass is 16.5. The number of carbonyl (C=O) groups excluding carboxylic acids is 1. The highest BCUT2D eigenvalue weighted by Gasteiger charge is 2.35. The summed E-state index contributed by atoms with van der Waals surface area (Å²) in [4.78, 5) is 22.3. The summed E-state index contributed by atoms with van der Waals surface area (Å²) >= 11 is 0. The van der Waals surface area contributed by atoms with Crippen molar-refractivity contribution in [2.45, 2.75) is 33.6 Å². The molecule has 30 heavy (non-hydrogen) atoms. The maximum Gasteiger partial charge on any atom is 0.229 e.